The van der Waals surface area contributed by atoms with Crippen LogP contribution in [0.3, 0.4) is 0 Å². The van der Waals surface area contributed by atoms with E-state index >= 15 is 0 Å². The molecule has 0 saturated heterocycles. The molecule has 1 aliphatic rings. The number of rotatable bonds is 16. The molecule has 1 aliphatic carbocycles. The van der Waals surface area contributed by atoms with Crippen molar-refractivity contribution in [2.24, 2.45) is 0 Å². The van der Waals surface area contributed by atoms with Gasteiger partial charge in [0, 0.05) is 49.2 Å². The number of nitrogens with zero attached hydrogens (tertiary/aromatic N) is 3. The lowest BCUT2D eigenvalue weighted by Crippen LogP contribution is -2.61. The van der Waals surface area contributed by atoms with Gasteiger partial charge in [0.15, 0.2) is 20.4 Å². The van der Waals surface area contributed by atoms with Crippen LogP contribution in [0.2, 0.25) is 0 Å². The van der Waals surface area contributed by atoms with Gasteiger partial charge < -0.3 is 24.4 Å². The fraction of sp³-hybridized carbons (Fsp3) is 0.536. The van der Waals surface area contributed by atoms with Gasteiger partial charge in [0.1, 0.15) is 17.3 Å². The fourth-order valence-corrected chi connectivity index (χ4v) is 6.69. The van der Waals surface area contributed by atoms with E-state index in [1.165, 1.54) is 31.1 Å². The van der Waals surface area contributed by atoms with Gasteiger partial charge in [-0.15, -0.1) is 0 Å². The molecule has 0 bridgehead atoms. The molecular formula is C28H41F2N4O6P. The predicted octanol–water partition coefficient (Wildman–Crippen LogP) is 4.73. The van der Waals surface area contributed by atoms with E-state index in [0.29, 0.717) is 45.3 Å². The number of allylic oxidation sites excluding steroid dienone is 2. The number of carbonyl (C=O) groups is 3. The SMILES string of the molecule is CCOP(OCC)C1CCC(N(C=O)CC)(N(C)N(/C=C(\C)C(=O)NCc2ccc(F)cc2F)/C(C)=C(/O)C=O)C1. The molecule has 0 aliphatic heterocycles. The second kappa shape index (κ2) is 15.9. The maximum Gasteiger partial charge on any atom is 0.248 e. The predicted molar refractivity (Wildman–Crippen MR) is 152 cm³/mol. The van der Waals surface area contributed by atoms with E-state index in [0.717, 1.165) is 18.5 Å². The Hall–Kier alpha value is -2.92. The monoisotopic (exact) mass is 598 g/mol. The lowest BCUT2D eigenvalue weighted by Gasteiger charge is -2.50. The lowest BCUT2D eigenvalue weighted by molar-refractivity contribution is -0.150. The van der Waals surface area contributed by atoms with Crippen molar-refractivity contribution in [1.82, 2.24) is 20.2 Å². The molecule has 10 nitrogen and oxygen atoms in total. The van der Waals surface area contributed by atoms with E-state index in [1.807, 2.05) is 20.8 Å². The number of nitrogens with one attached hydrogen (secondary N) is 1. The minimum Gasteiger partial charge on any atom is -0.503 e. The second-order valence-corrected chi connectivity index (χ2v) is 11.4. The number of benzene rings is 1. The van der Waals surface area contributed by atoms with E-state index in [-0.39, 0.29) is 29.0 Å². The summed E-state index contributed by atoms with van der Waals surface area (Å²) >= 11 is 0. The molecule has 2 unspecified atom stereocenters. The van der Waals surface area contributed by atoms with Gasteiger partial charge in [-0.3, -0.25) is 19.4 Å². The molecule has 2 amide bonds. The molecule has 2 rings (SSSR count). The van der Waals surface area contributed by atoms with E-state index in [9.17, 15) is 28.3 Å². The zero-order valence-electron chi connectivity index (χ0n) is 24.5. The molecule has 2 N–H and O–H groups in total. The summed E-state index contributed by atoms with van der Waals surface area (Å²) in [6.07, 6.45) is 4.21. The van der Waals surface area contributed by atoms with Gasteiger partial charge in [-0.05, 0) is 59.9 Å². The van der Waals surface area contributed by atoms with Gasteiger partial charge in [0.2, 0.25) is 12.3 Å². The normalized spacial score (nSPS) is 19.8. The Kier molecular flexibility index (Phi) is 13.3. The first-order chi connectivity index (χ1) is 19.5. The van der Waals surface area contributed by atoms with Crippen molar-refractivity contribution in [3.05, 3.63) is 58.6 Å². The number of aliphatic hydroxyl groups excluding tert-OH is 1. The highest BCUT2D eigenvalue weighted by molar-refractivity contribution is 7.48. The number of amides is 2. The van der Waals surface area contributed by atoms with E-state index in [2.05, 4.69) is 5.32 Å². The lowest BCUT2D eigenvalue weighted by atomic mass is 10.1. The first-order valence-corrected chi connectivity index (χ1v) is 14.8. The molecule has 1 fully saturated rings. The van der Waals surface area contributed by atoms with Crippen LogP contribution in [0, 0.1) is 11.6 Å². The second-order valence-electron chi connectivity index (χ2n) is 9.58. The minimum absolute atomic E-state index is 0.00568. The van der Waals surface area contributed by atoms with Crippen LogP contribution in [-0.4, -0.2) is 76.8 Å². The number of aliphatic hydroxyl groups is 1. The Labute approximate surface area is 241 Å². The highest BCUT2D eigenvalue weighted by Gasteiger charge is 2.51. The van der Waals surface area contributed by atoms with Crippen LogP contribution in [0.15, 0.2) is 41.4 Å². The third kappa shape index (κ3) is 8.31. The molecule has 0 aromatic heterocycles. The van der Waals surface area contributed by atoms with Crippen molar-refractivity contribution >= 4 is 27.0 Å². The number of hydrogen-bond acceptors (Lipinski definition) is 8. The first kappa shape index (κ1) is 34.3. The van der Waals surface area contributed by atoms with E-state index < -0.39 is 37.3 Å². The molecule has 1 aromatic carbocycles. The average Bonchev–Trinajstić information content (AvgIpc) is 3.40. The summed E-state index contributed by atoms with van der Waals surface area (Å²) in [7, 11) is 0.489. The van der Waals surface area contributed by atoms with Crippen molar-refractivity contribution in [3.8, 4) is 0 Å². The quantitative estimate of drug-likeness (QED) is 0.0702. The highest BCUT2D eigenvalue weighted by Crippen LogP contribution is 2.55. The standard InChI is InChI=1S/C28H41F2N4O6P/c1-7-33(19-36)28(13-12-24(15-28)41(39-8-2)40-9-3)32(6)34(21(5)26(37)18-35)17-20(4)27(38)31-16-22-10-11-23(29)14-25(22)30/h10-11,14,17-19,24,37H,7-9,12-13,15-16H2,1-6H3,(H,31,38)/b20-17+,26-21+. The van der Waals surface area contributed by atoms with E-state index in [4.69, 9.17) is 9.05 Å². The van der Waals surface area contributed by atoms with Crippen LogP contribution in [0.4, 0.5) is 8.78 Å². The number of halogens is 2. The number of aldehydes is 1. The Bertz CT molecular complexity index is 1130. The topological polar surface area (TPSA) is 112 Å². The van der Waals surface area contributed by atoms with Crippen molar-refractivity contribution in [2.75, 3.05) is 26.8 Å². The molecule has 0 heterocycles. The fourth-order valence-electron chi connectivity index (χ4n) is 4.90. The van der Waals surface area contributed by atoms with Gasteiger partial charge in [0.05, 0.1) is 18.9 Å². The van der Waals surface area contributed by atoms with Crippen LogP contribution < -0.4 is 5.32 Å². The number of hydrazine groups is 1. The zero-order valence-corrected chi connectivity index (χ0v) is 25.4. The molecule has 41 heavy (non-hydrogen) atoms. The molecule has 2 atom stereocenters. The Morgan fingerprint density at radius 2 is 1.85 bits per heavy atom. The summed E-state index contributed by atoms with van der Waals surface area (Å²) in [6, 6.07) is 3.09. The van der Waals surface area contributed by atoms with E-state index in [1.54, 1.807) is 17.0 Å². The summed E-state index contributed by atoms with van der Waals surface area (Å²) in [4.78, 5) is 38.5. The van der Waals surface area contributed by atoms with Gasteiger partial charge in [-0.2, -0.15) is 5.01 Å². The summed E-state index contributed by atoms with van der Waals surface area (Å²) in [5, 5.41) is 16.2. The van der Waals surface area contributed by atoms with Gasteiger partial charge in [0.25, 0.3) is 0 Å². The van der Waals surface area contributed by atoms with Crippen LogP contribution in [-0.2, 0) is 30.0 Å². The summed E-state index contributed by atoms with van der Waals surface area (Å²) < 4.78 is 39.1. The van der Waals surface area contributed by atoms with Crippen molar-refractivity contribution in [1.29, 1.82) is 0 Å². The Morgan fingerprint density at radius 3 is 2.39 bits per heavy atom. The van der Waals surface area contributed by atoms with Crippen molar-refractivity contribution in [2.45, 2.75) is 71.7 Å². The highest BCUT2D eigenvalue weighted by atomic mass is 31.2. The Morgan fingerprint density at radius 1 is 1.20 bits per heavy atom. The first-order valence-electron chi connectivity index (χ1n) is 13.5. The maximum atomic E-state index is 14.1. The van der Waals surface area contributed by atoms with Crippen LogP contribution in [0.25, 0.3) is 0 Å². The maximum absolute atomic E-state index is 14.1. The van der Waals surface area contributed by atoms with Crippen molar-refractivity contribution < 1.29 is 37.3 Å². The molecule has 1 saturated carbocycles. The summed E-state index contributed by atoms with van der Waals surface area (Å²) in [5.41, 5.74) is -0.490. The number of hydrogen-bond donors (Lipinski definition) is 2. The molecule has 0 spiro atoms. The minimum atomic E-state index is -1.23. The van der Waals surface area contributed by atoms with Gasteiger partial charge >= 0.3 is 0 Å². The summed E-state index contributed by atoms with van der Waals surface area (Å²) in [6.45, 7) is 9.84. The van der Waals surface area contributed by atoms with Crippen LogP contribution in [0.5, 0.6) is 0 Å². The Balaban J connectivity index is 2.47. The molecule has 1 aromatic rings. The molecule has 0 radical (unpaired) electrons. The zero-order chi connectivity index (χ0) is 30.7. The van der Waals surface area contributed by atoms with Crippen LogP contribution in [0.1, 0.15) is 59.4 Å². The van der Waals surface area contributed by atoms with Crippen LogP contribution >= 0.6 is 8.38 Å². The number of carbonyl (C=O) groups excluding carboxylic acids is 3. The average molecular weight is 599 g/mol. The third-order valence-corrected chi connectivity index (χ3v) is 9.20. The molecule has 228 valence electrons. The largest absolute Gasteiger partial charge is 0.503 e. The smallest absolute Gasteiger partial charge is 0.248 e. The van der Waals surface area contributed by atoms with Crippen molar-refractivity contribution in [3.63, 3.8) is 0 Å². The van der Waals surface area contributed by atoms with Gasteiger partial charge in [-0.25, -0.2) is 8.78 Å². The molecule has 13 heteroatoms. The summed E-state index contributed by atoms with van der Waals surface area (Å²) in [5.74, 6) is -2.62. The van der Waals surface area contributed by atoms with Gasteiger partial charge in [-0.1, -0.05) is 6.07 Å². The molecular weight excluding hydrogens is 557 g/mol. The third-order valence-electron chi connectivity index (χ3n) is 7.13.